The molecule has 0 amide bonds. The Morgan fingerprint density at radius 2 is 0.982 bits per heavy atom. The van der Waals surface area contributed by atoms with E-state index in [0.717, 1.165) is 41.9 Å². The van der Waals surface area contributed by atoms with Crippen LogP contribution in [-0.4, -0.2) is 19.9 Å². The van der Waals surface area contributed by atoms with Crippen molar-refractivity contribution in [1.29, 1.82) is 0 Å². The zero-order chi connectivity index (χ0) is 39.2. The molecular weight excluding hydrogens is 669 g/mol. The molecule has 296 valence electrons. The summed E-state index contributed by atoms with van der Waals surface area (Å²) in [5.41, 5.74) is 12.8. The molecule has 4 nitrogen and oxygen atoms in total. The van der Waals surface area contributed by atoms with Gasteiger partial charge in [-0.1, -0.05) is 110 Å². The van der Waals surface area contributed by atoms with E-state index in [4.69, 9.17) is 0 Å². The summed E-state index contributed by atoms with van der Waals surface area (Å²) in [5, 5.41) is 0. The minimum Gasteiger partial charge on any atom is -0.261 e. The van der Waals surface area contributed by atoms with Crippen LogP contribution in [0.1, 0.15) is 188 Å². The fraction of sp³-hybridized carbons (Fsp3) is 0.569. The first kappa shape index (κ1) is 42.5. The second kappa shape index (κ2) is 21.6. The Hall–Kier alpha value is -3.66. The third-order valence-electron chi connectivity index (χ3n) is 13.3. The summed E-state index contributed by atoms with van der Waals surface area (Å²) in [4.78, 5) is 18.1. The molecule has 0 N–H and O–H groups in total. The number of aromatic nitrogens is 4. The molecule has 4 aliphatic carbocycles. The fourth-order valence-corrected chi connectivity index (χ4v) is 9.80. The summed E-state index contributed by atoms with van der Waals surface area (Å²) in [6.07, 6.45) is 27.8. The smallest absolute Gasteiger partial charge is 0.0469 e. The van der Waals surface area contributed by atoms with Crippen molar-refractivity contribution < 1.29 is 0 Å². The van der Waals surface area contributed by atoms with Gasteiger partial charge < -0.3 is 0 Å². The molecule has 4 heterocycles. The number of rotatable bonds is 10. The van der Waals surface area contributed by atoms with Gasteiger partial charge in [-0.3, -0.25) is 19.9 Å². The normalized spacial score (nSPS) is 21.0. The van der Waals surface area contributed by atoms with E-state index in [0.29, 0.717) is 5.92 Å². The van der Waals surface area contributed by atoms with Gasteiger partial charge in [0, 0.05) is 71.2 Å². The SMILES string of the molecule is CC(C)=CCC1CCc2cccnc21.CCC(C)C1CCc2cccnc21.CCC(CC)C1CCc2cccnc21.CCCC(C)C1CCc2cccnc21. The van der Waals surface area contributed by atoms with E-state index in [-0.39, 0.29) is 0 Å². The molecule has 6 unspecified atom stereocenters. The van der Waals surface area contributed by atoms with Crippen molar-refractivity contribution in [2.45, 2.75) is 169 Å². The van der Waals surface area contributed by atoms with Gasteiger partial charge >= 0.3 is 0 Å². The van der Waals surface area contributed by atoms with Crippen molar-refractivity contribution in [2.24, 2.45) is 17.8 Å². The monoisotopic (exact) mass is 741 g/mol. The van der Waals surface area contributed by atoms with Crippen LogP contribution >= 0.6 is 0 Å². The van der Waals surface area contributed by atoms with Crippen molar-refractivity contribution in [3.63, 3.8) is 0 Å². The minimum atomic E-state index is 0.668. The summed E-state index contributed by atoms with van der Waals surface area (Å²) in [6, 6.07) is 17.1. The second-order valence-corrected chi connectivity index (χ2v) is 17.1. The van der Waals surface area contributed by atoms with Crippen LogP contribution < -0.4 is 0 Å². The highest BCUT2D eigenvalue weighted by atomic mass is 14.7. The molecule has 4 aromatic heterocycles. The maximum atomic E-state index is 4.56. The molecule has 55 heavy (non-hydrogen) atoms. The molecule has 0 radical (unpaired) electrons. The predicted molar refractivity (Wildman–Crippen MR) is 233 cm³/mol. The standard InChI is InChI=1S/C13H17N.2C13H19N.C12H17N/c1-10(2)5-6-12-8-7-11-4-3-9-14-13(11)12;1-3-5-10(2)12-8-7-11-6-4-9-14-13(11)12;1-3-10(4-2)12-8-7-11-6-5-9-14-13(11)12;1-3-9(2)11-7-6-10-5-4-8-13-12(10)11/h3-5,9,12H,6-8H2,1-2H3;4,6,9-10,12H,3,5,7-8H2,1-2H3;5-6,9-10,12H,3-4,7-8H2,1-2H3;4-5,8-9,11H,3,6-7H2,1-2H3. The van der Waals surface area contributed by atoms with Gasteiger partial charge in [0.2, 0.25) is 0 Å². The quantitative estimate of drug-likeness (QED) is 0.152. The number of fused-ring (bicyclic) bond motifs is 4. The summed E-state index contributed by atoms with van der Waals surface area (Å²) >= 11 is 0. The molecule has 6 atom stereocenters. The van der Waals surface area contributed by atoms with Crippen LogP contribution in [0.15, 0.2) is 85.0 Å². The van der Waals surface area contributed by atoms with Crippen molar-refractivity contribution >= 4 is 0 Å². The van der Waals surface area contributed by atoms with Gasteiger partial charge in [-0.05, 0) is 136 Å². The van der Waals surface area contributed by atoms with Gasteiger partial charge in [-0.2, -0.15) is 0 Å². The molecule has 0 saturated carbocycles. The predicted octanol–water partition coefficient (Wildman–Crippen LogP) is 13.7. The largest absolute Gasteiger partial charge is 0.261 e. The van der Waals surface area contributed by atoms with Crippen LogP contribution in [0.3, 0.4) is 0 Å². The first-order chi connectivity index (χ1) is 26.8. The van der Waals surface area contributed by atoms with E-state index in [1.807, 2.05) is 30.9 Å². The lowest BCUT2D eigenvalue weighted by Gasteiger charge is -2.20. The highest BCUT2D eigenvalue weighted by Gasteiger charge is 2.30. The van der Waals surface area contributed by atoms with Gasteiger partial charge in [0.05, 0.1) is 0 Å². The van der Waals surface area contributed by atoms with Crippen molar-refractivity contribution in [3.8, 4) is 0 Å². The highest BCUT2D eigenvalue weighted by Crippen LogP contribution is 2.41. The summed E-state index contributed by atoms with van der Waals surface area (Å²) in [5.74, 6) is 5.29. The van der Waals surface area contributed by atoms with E-state index in [9.17, 15) is 0 Å². The third-order valence-corrected chi connectivity index (χ3v) is 13.3. The highest BCUT2D eigenvalue weighted by molar-refractivity contribution is 5.31. The number of hydrogen-bond donors (Lipinski definition) is 0. The Labute approximate surface area is 335 Å². The summed E-state index contributed by atoms with van der Waals surface area (Å²) in [6.45, 7) is 18.2. The minimum absolute atomic E-state index is 0.668. The average molecular weight is 741 g/mol. The van der Waals surface area contributed by atoms with Gasteiger partial charge in [0.1, 0.15) is 0 Å². The Balaban J connectivity index is 0.000000141. The lowest BCUT2D eigenvalue weighted by atomic mass is 9.86. The van der Waals surface area contributed by atoms with Crippen molar-refractivity contribution in [1.82, 2.24) is 19.9 Å². The molecule has 0 fully saturated rings. The maximum Gasteiger partial charge on any atom is 0.0469 e. The Morgan fingerprint density at radius 1 is 0.564 bits per heavy atom. The Morgan fingerprint density at radius 3 is 1.44 bits per heavy atom. The van der Waals surface area contributed by atoms with E-state index < -0.39 is 0 Å². The Bertz CT molecular complexity index is 1770. The van der Waals surface area contributed by atoms with E-state index in [1.54, 1.807) is 0 Å². The third kappa shape index (κ3) is 11.2. The number of aryl methyl sites for hydroxylation is 4. The zero-order valence-corrected chi connectivity index (χ0v) is 35.7. The van der Waals surface area contributed by atoms with Crippen LogP contribution in [0, 0.1) is 17.8 Å². The maximum absolute atomic E-state index is 4.56. The van der Waals surface area contributed by atoms with Crippen LogP contribution in [0.25, 0.3) is 0 Å². The van der Waals surface area contributed by atoms with Crippen molar-refractivity contribution in [3.05, 3.63) is 130 Å². The first-order valence-electron chi connectivity index (χ1n) is 22.2. The second-order valence-electron chi connectivity index (χ2n) is 17.1. The fourth-order valence-electron chi connectivity index (χ4n) is 9.80. The molecule has 0 aliphatic heterocycles. The molecule has 0 aromatic carbocycles. The number of nitrogens with zero attached hydrogens (tertiary/aromatic N) is 4. The lowest BCUT2D eigenvalue weighted by molar-refractivity contribution is 0.390. The summed E-state index contributed by atoms with van der Waals surface area (Å²) in [7, 11) is 0. The molecular formula is C51H72N4. The van der Waals surface area contributed by atoms with Crippen LogP contribution in [0.5, 0.6) is 0 Å². The summed E-state index contributed by atoms with van der Waals surface area (Å²) < 4.78 is 0. The van der Waals surface area contributed by atoms with Gasteiger partial charge in [0.25, 0.3) is 0 Å². The van der Waals surface area contributed by atoms with Crippen LogP contribution in [-0.2, 0) is 25.7 Å². The topological polar surface area (TPSA) is 51.6 Å². The number of allylic oxidation sites excluding steroid dienone is 2. The van der Waals surface area contributed by atoms with E-state index in [1.165, 1.54) is 134 Å². The van der Waals surface area contributed by atoms with Crippen LogP contribution in [0.2, 0.25) is 0 Å². The molecule has 4 aliphatic rings. The van der Waals surface area contributed by atoms with Gasteiger partial charge in [-0.15, -0.1) is 0 Å². The average Bonchev–Trinajstić information content (AvgIpc) is 4.03. The Kier molecular flexibility index (Phi) is 16.7. The lowest BCUT2D eigenvalue weighted by Crippen LogP contribution is -2.09. The van der Waals surface area contributed by atoms with Crippen LogP contribution in [0.4, 0.5) is 0 Å². The molecule has 4 aromatic rings. The number of pyridine rings is 4. The molecule has 0 spiro atoms. The first-order valence-corrected chi connectivity index (χ1v) is 22.2. The molecule has 0 saturated heterocycles. The molecule has 8 rings (SSSR count). The van der Waals surface area contributed by atoms with Crippen molar-refractivity contribution in [2.75, 3.05) is 0 Å². The molecule has 0 bridgehead atoms. The molecule has 4 heteroatoms. The number of hydrogen-bond acceptors (Lipinski definition) is 4. The zero-order valence-electron chi connectivity index (χ0n) is 35.7. The van der Waals surface area contributed by atoms with E-state index in [2.05, 4.69) is 124 Å². The van der Waals surface area contributed by atoms with E-state index >= 15 is 0 Å². The van der Waals surface area contributed by atoms with Gasteiger partial charge in [-0.25, -0.2) is 0 Å². The van der Waals surface area contributed by atoms with Gasteiger partial charge in [0.15, 0.2) is 0 Å².